The zero-order chi connectivity index (χ0) is 18.4. The van der Waals surface area contributed by atoms with Crippen molar-refractivity contribution in [2.75, 3.05) is 13.2 Å². The number of amides is 1. The standard InChI is InChI=1S/C14H13BrF3N3O3S/c15-9-3-2-8(14(16,17)18)6-10(9)23-4-1-5-24-13-21-20-12(25-13)7-11(19)22/h2-3,6H,1,4-5,7H2,(H2,19,22). The van der Waals surface area contributed by atoms with E-state index in [0.717, 1.165) is 23.5 Å². The van der Waals surface area contributed by atoms with E-state index in [4.69, 9.17) is 15.2 Å². The molecule has 0 atom stereocenters. The van der Waals surface area contributed by atoms with E-state index in [1.807, 2.05) is 0 Å². The average Bonchev–Trinajstić information content (AvgIpc) is 2.94. The first kappa shape index (κ1) is 19.4. The van der Waals surface area contributed by atoms with Gasteiger partial charge in [0.05, 0.1) is 29.7 Å². The maximum atomic E-state index is 12.7. The van der Waals surface area contributed by atoms with Crippen molar-refractivity contribution in [3.05, 3.63) is 33.2 Å². The van der Waals surface area contributed by atoms with Gasteiger partial charge in [0, 0.05) is 6.42 Å². The topological polar surface area (TPSA) is 87.3 Å². The van der Waals surface area contributed by atoms with E-state index in [2.05, 4.69) is 26.1 Å². The number of hydrogen-bond acceptors (Lipinski definition) is 6. The van der Waals surface area contributed by atoms with Crippen molar-refractivity contribution in [2.24, 2.45) is 5.73 Å². The van der Waals surface area contributed by atoms with Gasteiger partial charge in [-0.25, -0.2) is 0 Å². The second-order valence-electron chi connectivity index (χ2n) is 4.80. The fraction of sp³-hybridized carbons (Fsp3) is 0.357. The highest BCUT2D eigenvalue weighted by Crippen LogP contribution is 2.35. The van der Waals surface area contributed by atoms with Crippen molar-refractivity contribution in [1.29, 1.82) is 0 Å². The third-order valence-electron chi connectivity index (χ3n) is 2.80. The Bertz CT molecular complexity index is 740. The van der Waals surface area contributed by atoms with E-state index in [1.165, 1.54) is 6.07 Å². The molecule has 0 saturated carbocycles. The first-order valence-corrected chi connectivity index (χ1v) is 8.59. The van der Waals surface area contributed by atoms with Crippen molar-refractivity contribution in [1.82, 2.24) is 10.2 Å². The van der Waals surface area contributed by atoms with Gasteiger partial charge in [0.1, 0.15) is 10.8 Å². The summed E-state index contributed by atoms with van der Waals surface area (Å²) < 4.78 is 49.2. The monoisotopic (exact) mass is 439 g/mol. The number of hydrogen-bond donors (Lipinski definition) is 1. The molecule has 2 N–H and O–H groups in total. The Balaban J connectivity index is 1.78. The van der Waals surface area contributed by atoms with E-state index in [1.54, 1.807) is 0 Å². The summed E-state index contributed by atoms with van der Waals surface area (Å²) in [5.41, 5.74) is 4.27. The molecule has 0 bridgehead atoms. The fourth-order valence-electron chi connectivity index (χ4n) is 1.71. The number of nitrogens with zero attached hydrogens (tertiary/aromatic N) is 2. The molecule has 25 heavy (non-hydrogen) atoms. The maximum absolute atomic E-state index is 12.7. The second-order valence-corrected chi connectivity index (χ2v) is 6.68. The van der Waals surface area contributed by atoms with Gasteiger partial charge < -0.3 is 15.2 Å². The van der Waals surface area contributed by atoms with Crippen LogP contribution in [0, 0.1) is 0 Å². The lowest BCUT2D eigenvalue weighted by atomic mass is 10.2. The minimum Gasteiger partial charge on any atom is -0.492 e. The summed E-state index contributed by atoms with van der Waals surface area (Å²) in [5, 5.41) is 8.23. The number of rotatable bonds is 8. The van der Waals surface area contributed by atoms with Crippen molar-refractivity contribution in [2.45, 2.75) is 19.0 Å². The number of carbonyl (C=O) groups is 1. The minimum absolute atomic E-state index is 0.00624. The summed E-state index contributed by atoms with van der Waals surface area (Å²) in [4.78, 5) is 10.8. The molecular weight excluding hydrogens is 427 g/mol. The Hall–Kier alpha value is -1.88. The van der Waals surface area contributed by atoms with Crippen molar-refractivity contribution in [3.8, 4) is 10.9 Å². The smallest absolute Gasteiger partial charge is 0.416 e. The van der Waals surface area contributed by atoms with Crippen molar-refractivity contribution in [3.63, 3.8) is 0 Å². The molecule has 0 spiro atoms. The largest absolute Gasteiger partial charge is 0.492 e. The molecule has 0 aliphatic carbocycles. The first-order valence-electron chi connectivity index (χ1n) is 6.98. The zero-order valence-electron chi connectivity index (χ0n) is 12.7. The lowest BCUT2D eigenvalue weighted by Crippen LogP contribution is -2.13. The van der Waals surface area contributed by atoms with Crippen LogP contribution < -0.4 is 15.2 Å². The van der Waals surface area contributed by atoms with E-state index in [-0.39, 0.29) is 30.6 Å². The van der Waals surface area contributed by atoms with Crippen LogP contribution >= 0.6 is 27.3 Å². The molecule has 1 heterocycles. The maximum Gasteiger partial charge on any atom is 0.416 e. The Morgan fingerprint density at radius 2 is 1.96 bits per heavy atom. The summed E-state index contributed by atoms with van der Waals surface area (Å²) in [7, 11) is 0. The lowest BCUT2D eigenvalue weighted by molar-refractivity contribution is -0.137. The molecule has 0 saturated heterocycles. The number of primary amides is 1. The minimum atomic E-state index is -4.43. The normalized spacial score (nSPS) is 11.4. The van der Waals surface area contributed by atoms with Gasteiger partial charge in [-0.1, -0.05) is 11.3 Å². The summed E-state index contributed by atoms with van der Waals surface area (Å²) >= 11 is 4.25. The van der Waals surface area contributed by atoms with Crippen LogP contribution in [0.25, 0.3) is 0 Å². The molecule has 136 valence electrons. The Morgan fingerprint density at radius 3 is 2.64 bits per heavy atom. The molecular formula is C14H13BrF3N3O3S. The zero-order valence-corrected chi connectivity index (χ0v) is 15.1. The van der Waals surface area contributed by atoms with Crippen molar-refractivity contribution >= 4 is 33.2 Å². The third kappa shape index (κ3) is 6.16. The Kier molecular flexibility index (Phi) is 6.59. The predicted octanol–water partition coefficient (Wildman–Crippen LogP) is 3.20. The highest BCUT2D eigenvalue weighted by atomic mass is 79.9. The number of benzene rings is 1. The molecule has 0 aliphatic rings. The summed E-state index contributed by atoms with van der Waals surface area (Å²) in [6.45, 7) is 0.397. The van der Waals surface area contributed by atoms with Gasteiger partial charge in [0.15, 0.2) is 0 Å². The van der Waals surface area contributed by atoms with Gasteiger partial charge in [-0.05, 0) is 34.1 Å². The summed E-state index contributed by atoms with van der Waals surface area (Å²) in [6, 6.07) is 3.20. The summed E-state index contributed by atoms with van der Waals surface area (Å²) in [5.74, 6) is -0.405. The van der Waals surface area contributed by atoms with Crippen LogP contribution in [-0.4, -0.2) is 29.3 Å². The van der Waals surface area contributed by atoms with Crippen LogP contribution in [0.2, 0.25) is 0 Å². The first-order chi connectivity index (χ1) is 11.8. The van der Waals surface area contributed by atoms with Gasteiger partial charge in [-0.15, -0.1) is 10.2 Å². The van der Waals surface area contributed by atoms with Crippen LogP contribution in [0.3, 0.4) is 0 Å². The van der Waals surface area contributed by atoms with Crippen LogP contribution in [0.4, 0.5) is 13.2 Å². The molecule has 0 aliphatic heterocycles. The number of nitrogens with two attached hydrogens (primary N) is 1. The number of halogens is 4. The van der Waals surface area contributed by atoms with Crippen LogP contribution in [-0.2, 0) is 17.4 Å². The lowest BCUT2D eigenvalue weighted by Gasteiger charge is -2.12. The molecule has 11 heteroatoms. The molecule has 1 aromatic heterocycles. The van der Waals surface area contributed by atoms with E-state index in [0.29, 0.717) is 15.9 Å². The molecule has 2 rings (SSSR count). The number of ether oxygens (including phenoxy) is 2. The van der Waals surface area contributed by atoms with Gasteiger partial charge >= 0.3 is 6.18 Å². The molecule has 0 fully saturated rings. The molecule has 1 aromatic carbocycles. The predicted molar refractivity (Wildman–Crippen MR) is 87.6 cm³/mol. The number of alkyl halides is 3. The average molecular weight is 440 g/mol. The van der Waals surface area contributed by atoms with E-state index >= 15 is 0 Å². The second kappa shape index (κ2) is 8.48. The number of carbonyl (C=O) groups excluding carboxylic acids is 1. The summed E-state index contributed by atoms with van der Waals surface area (Å²) in [6.07, 6.45) is -4.01. The van der Waals surface area contributed by atoms with Crippen LogP contribution in [0.1, 0.15) is 17.0 Å². The molecule has 0 unspecified atom stereocenters. The Morgan fingerprint density at radius 1 is 1.24 bits per heavy atom. The molecule has 6 nitrogen and oxygen atoms in total. The third-order valence-corrected chi connectivity index (χ3v) is 4.29. The van der Waals surface area contributed by atoms with E-state index < -0.39 is 17.6 Å². The number of aromatic nitrogens is 2. The van der Waals surface area contributed by atoms with Gasteiger partial charge in [0.2, 0.25) is 5.91 Å². The van der Waals surface area contributed by atoms with Gasteiger partial charge in [0.25, 0.3) is 5.19 Å². The highest BCUT2D eigenvalue weighted by molar-refractivity contribution is 9.10. The van der Waals surface area contributed by atoms with Gasteiger partial charge in [-0.2, -0.15) is 13.2 Å². The molecule has 2 aromatic rings. The van der Waals surface area contributed by atoms with Crippen molar-refractivity contribution < 1.29 is 27.4 Å². The molecule has 0 radical (unpaired) electrons. The quantitative estimate of drug-likeness (QED) is 0.638. The molecule has 1 amide bonds. The Labute approximate surface area is 153 Å². The van der Waals surface area contributed by atoms with E-state index in [9.17, 15) is 18.0 Å². The SMILES string of the molecule is NC(=O)Cc1nnc(OCCCOc2cc(C(F)(F)F)ccc2Br)s1. The highest BCUT2D eigenvalue weighted by Gasteiger charge is 2.31. The van der Waals surface area contributed by atoms with Crippen LogP contribution in [0.5, 0.6) is 10.9 Å². The van der Waals surface area contributed by atoms with Gasteiger partial charge in [-0.3, -0.25) is 4.79 Å². The van der Waals surface area contributed by atoms with Crippen LogP contribution in [0.15, 0.2) is 22.7 Å². The fourth-order valence-corrected chi connectivity index (χ4v) is 2.79.